The Morgan fingerprint density at radius 2 is 1.89 bits per heavy atom. The monoisotopic (exact) mass is 408 g/mol. The Labute approximate surface area is 166 Å². The summed E-state index contributed by atoms with van der Waals surface area (Å²) in [7, 11) is 0. The van der Waals surface area contributed by atoms with Gasteiger partial charge in [0.2, 0.25) is 0 Å². The number of hydrogen-bond acceptors (Lipinski definition) is 1. The van der Waals surface area contributed by atoms with Crippen LogP contribution in [0.2, 0.25) is 5.02 Å². The standard InChI is InChI=1S/C21H20ClF3N2O/c1-3-4-11-27-18-8-6-5-7-15(18)13(2)19(27)20(28)26-17-12-14(21(23,24)25)9-10-16(17)22/h5-10,12H,3-4,11H2,1-2H3,(H,26,28). The van der Waals surface area contributed by atoms with Crippen molar-refractivity contribution < 1.29 is 18.0 Å². The third-order valence-electron chi connectivity index (χ3n) is 4.72. The molecule has 3 rings (SSSR count). The number of amides is 1. The molecule has 0 aliphatic heterocycles. The predicted octanol–water partition coefficient (Wildman–Crippen LogP) is 6.67. The maximum absolute atomic E-state index is 13.0. The van der Waals surface area contributed by atoms with Gasteiger partial charge in [-0.15, -0.1) is 0 Å². The van der Waals surface area contributed by atoms with E-state index in [0.29, 0.717) is 12.2 Å². The molecule has 2 aromatic carbocycles. The summed E-state index contributed by atoms with van der Waals surface area (Å²) in [6, 6.07) is 10.5. The highest BCUT2D eigenvalue weighted by atomic mass is 35.5. The van der Waals surface area contributed by atoms with Crippen molar-refractivity contribution in [3.8, 4) is 0 Å². The van der Waals surface area contributed by atoms with Crippen LogP contribution in [0.5, 0.6) is 0 Å². The van der Waals surface area contributed by atoms with Crippen molar-refractivity contribution in [2.24, 2.45) is 0 Å². The van der Waals surface area contributed by atoms with E-state index in [-0.39, 0.29) is 10.7 Å². The molecule has 0 spiro atoms. The first-order valence-corrected chi connectivity index (χ1v) is 9.37. The Morgan fingerprint density at radius 3 is 2.57 bits per heavy atom. The van der Waals surface area contributed by atoms with E-state index in [1.165, 1.54) is 0 Å². The number of carbonyl (C=O) groups is 1. The van der Waals surface area contributed by atoms with Gasteiger partial charge < -0.3 is 9.88 Å². The fourth-order valence-electron chi connectivity index (χ4n) is 3.30. The van der Waals surface area contributed by atoms with Crippen LogP contribution in [0.1, 0.15) is 41.4 Å². The van der Waals surface area contributed by atoms with Crippen LogP contribution in [-0.4, -0.2) is 10.5 Å². The minimum Gasteiger partial charge on any atom is -0.336 e. The van der Waals surface area contributed by atoms with Gasteiger partial charge in [0.15, 0.2) is 0 Å². The largest absolute Gasteiger partial charge is 0.416 e. The second-order valence-electron chi connectivity index (χ2n) is 6.64. The minimum absolute atomic E-state index is 0.0511. The van der Waals surface area contributed by atoms with Crippen molar-refractivity contribution >= 4 is 34.1 Å². The first-order valence-electron chi connectivity index (χ1n) is 9.00. The number of aromatic nitrogens is 1. The zero-order valence-electron chi connectivity index (χ0n) is 15.5. The van der Waals surface area contributed by atoms with Gasteiger partial charge in [-0.1, -0.05) is 43.1 Å². The van der Waals surface area contributed by atoms with Crippen LogP contribution in [0.3, 0.4) is 0 Å². The SMILES string of the molecule is CCCCn1c(C(=O)Nc2cc(C(F)(F)F)ccc2Cl)c(C)c2ccccc21. The van der Waals surface area contributed by atoms with E-state index >= 15 is 0 Å². The van der Waals surface area contributed by atoms with Crippen LogP contribution in [0.15, 0.2) is 42.5 Å². The van der Waals surface area contributed by atoms with E-state index in [9.17, 15) is 18.0 Å². The van der Waals surface area contributed by atoms with Gasteiger partial charge in [0, 0.05) is 17.4 Å². The Morgan fingerprint density at radius 1 is 1.18 bits per heavy atom. The fourth-order valence-corrected chi connectivity index (χ4v) is 3.46. The second-order valence-corrected chi connectivity index (χ2v) is 7.05. The molecule has 28 heavy (non-hydrogen) atoms. The molecule has 1 aromatic heterocycles. The normalized spacial score (nSPS) is 11.8. The summed E-state index contributed by atoms with van der Waals surface area (Å²) in [5, 5.41) is 3.56. The van der Waals surface area contributed by atoms with Gasteiger partial charge in [0.05, 0.1) is 16.3 Å². The molecule has 7 heteroatoms. The summed E-state index contributed by atoms with van der Waals surface area (Å²) in [5.74, 6) is -0.481. The molecule has 1 amide bonds. The van der Waals surface area contributed by atoms with E-state index < -0.39 is 17.6 Å². The number of halogens is 4. The number of fused-ring (bicyclic) bond motifs is 1. The average Bonchev–Trinajstić information content (AvgIpc) is 2.93. The van der Waals surface area contributed by atoms with Crippen LogP contribution in [-0.2, 0) is 12.7 Å². The van der Waals surface area contributed by atoms with Gasteiger partial charge in [0.1, 0.15) is 5.69 Å². The van der Waals surface area contributed by atoms with Crippen molar-refractivity contribution in [1.29, 1.82) is 0 Å². The number of nitrogens with zero attached hydrogens (tertiary/aromatic N) is 1. The van der Waals surface area contributed by atoms with Crippen LogP contribution in [0.25, 0.3) is 10.9 Å². The smallest absolute Gasteiger partial charge is 0.336 e. The number of carbonyl (C=O) groups excluding carboxylic acids is 1. The number of hydrogen-bond donors (Lipinski definition) is 1. The third-order valence-corrected chi connectivity index (χ3v) is 5.05. The number of nitrogens with one attached hydrogen (secondary N) is 1. The lowest BCUT2D eigenvalue weighted by atomic mass is 10.1. The highest BCUT2D eigenvalue weighted by molar-refractivity contribution is 6.34. The van der Waals surface area contributed by atoms with E-state index in [1.807, 2.05) is 35.8 Å². The molecule has 148 valence electrons. The summed E-state index contributed by atoms with van der Waals surface area (Å²) >= 11 is 6.03. The first-order chi connectivity index (χ1) is 13.2. The van der Waals surface area contributed by atoms with Crippen molar-refractivity contribution in [3.05, 3.63) is 64.3 Å². The van der Waals surface area contributed by atoms with Crippen LogP contribution >= 0.6 is 11.6 Å². The molecule has 1 N–H and O–H groups in total. The lowest BCUT2D eigenvalue weighted by molar-refractivity contribution is -0.137. The Balaban J connectivity index is 2.04. The predicted molar refractivity (Wildman–Crippen MR) is 106 cm³/mol. The number of para-hydroxylation sites is 1. The molecule has 0 aliphatic rings. The van der Waals surface area contributed by atoms with Gasteiger partial charge in [-0.3, -0.25) is 4.79 Å². The molecule has 0 unspecified atom stereocenters. The number of alkyl halides is 3. The van der Waals surface area contributed by atoms with Crippen molar-refractivity contribution in [1.82, 2.24) is 4.57 Å². The number of unbranched alkanes of at least 4 members (excludes halogenated alkanes) is 1. The number of anilines is 1. The number of aryl methyl sites for hydroxylation is 2. The second kappa shape index (κ2) is 7.87. The van der Waals surface area contributed by atoms with Gasteiger partial charge in [-0.2, -0.15) is 13.2 Å². The molecule has 0 saturated heterocycles. The zero-order valence-corrected chi connectivity index (χ0v) is 16.3. The molecule has 3 nitrogen and oxygen atoms in total. The van der Waals surface area contributed by atoms with Crippen molar-refractivity contribution in [2.45, 2.75) is 39.4 Å². The van der Waals surface area contributed by atoms with E-state index in [1.54, 1.807) is 0 Å². The van der Waals surface area contributed by atoms with Crippen LogP contribution in [0, 0.1) is 6.92 Å². The maximum Gasteiger partial charge on any atom is 0.416 e. The molecule has 0 bridgehead atoms. The minimum atomic E-state index is -4.52. The van der Waals surface area contributed by atoms with Crippen LogP contribution in [0.4, 0.5) is 18.9 Å². The number of rotatable bonds is 5. The Hall–Kier alpha value is -2.47. The molecule has 1 heterocycles. The van der Waals surface area contributed by atoms with Crippen molar-refractivity contribution in [2.75, 3.05) is 5.32 Å². The molecule has 0 fully saturated rings. The summed E-state index contributed by atoms with van der Waals surface area (Å²) in [4.78, 5) is 13.0. The first kappa shape index (κ1) is 20.3. The van der Waals surface area contributed by atoms with Gasteiger partial charge in [-0.25, -0.2) is 0 Å². The molecular formula is C21H20ClF3N2O. The lowest BCUT2D eigenvalue weighted by Gasteiger charge is -2.14. The van der Waals surface area contributed by atoms with Crippen molar-refractivity contribution in [3.63, 3.8) is 0 Å². The number of benzene rings is 2. The Kier molecular flexibility index (Phi) is 5.70. The molecule has 0 radical (unpaired) electrons. The molecule has 0 saturated carbocycles. The zero-order chi connectivity index (χ0) is 20.5. The summed E-state index contributed by atoms with van der Waals surface area (Å²) < 4.78 is 40.9. The lowest BCUT2D eigenvalue weighted by Crippen LogP contribution is -2.19. The summed E-state index contributed by atoms with van der Waals surface area (Å²) in [6.07, 6.45) is -2.69. The quantitative estimate of drug-likeness (QED) is 0.502. The summed E-state index contributed by atoms with van der Waals surface area (Å²) in [6.45, 7) is 4.54. The average molecular weight is 409 g/mol. The Bertz CT molecular complexity index is 1020. The molecule has 0 aliphatic carbocycles. The highest BCUT2D eigenvalue weighted by Gasteiger charge is 2.31. The van der Waals surface area contributed by atoms with E-state index in [2.05, 4.69) is 12.2 Å². The van der Waals surface area contributed by atoms with E-state index in [4.69, 9.17) is 11.6 Å². The summed E-state index contributed by atoms with van der Waals surface area (Å²) in [5.41, 5.74) is 1.22. The molecule has 3 aromatic rings. The third kappa shape index (κ3) is 3.87. The topological polar surface area (TPSA) is 34.0 Å². The van der Waals surface area contributed by atoms with Gasteiger partial charge >= 0.3 is 6.18 Å². The molecule has 0 atom stereocenters. The highest BCUT2D eigenvalue weighted by Crippen LogP contribution is 2.34. The van der Waals surface area contributed by atoms with E-state index in [0.717, 1.165) is 47.5 Å². The fraction of sp³-hybridized carbons (Fsp3) is 0.286. The van der Waals surface area contributed by atoms with Gasteiger partial charge in [0.25, 0.3) is 5.91 Å². The van der Waals surface area contributed by atoms with Crippen LogP contribution < -0.4 is 5.32 Å². The van der Waals surface area contributed by atoms with Gasteiger partial charge in [-0.05, 0) is 43.2 Å². The molecular weight excluding hydrogens is 389 g/mol. The maximum atomic E-state index is 13.0.